The van der Waals surface area contributed by atoms with E-state index < -0.39 is 0 Å². The first kappa shape index (κ1) is 18.9. The Labute approximate surface area is 156 Å². The molecular weight excluding hydrogens is 358 g/mol. The van der Waals surface area contributed by atoms with Gasteiger partial charge in [-0.25, -0.2) is 0 Å². The number of rotatable bonds is 4. The summed E-state index contributed by atoms with van der Waals surface area (Å²) in [7, 11) is 0. The molecule has 0 aliphatic heterocycles. The Balaban J connectivity index is 1.91. The van der Waals surface area contributed by atoms with E-state index in [-0.39, 0.29) is 22.8 Å². The molecule has 0 saturated carbocycles. The van der Waals surface area contributed by atoms with E-state index in [1.807, 2.05) is 13.8 Å². The maximum absolute atomic E-state index is 12.1. The maximum atomic E-state index is 12.1. The number of anilines is 2. The third kappa shape index (κ3) is 5.85. The molecule has 2 aromatic rings. The predicted molar refractivity (Wildman–Crippen MR) is 105 cm³/mol. The van der Waals surface area contributed by atoms with Crippen molar-refractivity contribution >= 4 is 52.1 Å². The van der Waals surface area contributed by atoms with Crippen LogP contribution in [0.4, 0.5) is 11.4 Å². The lowest BCUT2D eigenvalue weighted by Gasteiger charge is -2.11. The van der Waals surface area contributed by atoms with Crippen molar-refractivity contribution in [3.8, 4) is 0 Å². The fourth-order valence-corrected chi connectivity index (χ4v) is 2.20. The molecule has 5 nitrogen and oxygen atoms in total. The Morgan fingerprint density at radius 1 is 0.920 bits per heavy atom. The van der Waals surface area contributed by atoms with Gasteiger partial charge in [0.1, 0.15) is 0 Å². The second kappa shape index (κ2) is 8.60. The van der Waals surface area contributed by atoms with Gasteiger partial charge in [0.15, 0.2) is 5.11 Å². The highest BCUT2D eigenvalue weighted by molar-refractivity contribution is 7.80. The molecule has 25 heavy (non-hydrogen) atoms. The van der Waals surface area contributed by atoms with E-state index in [2.05, 4.69) is 16.0 Å². The molecule has 0 fully saturated rings. The van der Waals surface area contributed by atoms with E-state index >= 15 is 0 Å². The van der Waals surface area contributed by atoms with Crippen molar-refractivity contribution in [3.05, 3.63) is 59.1 Å². The first-order valence-electron chi connectivity index (χ1n) is 7.64. The number of hydrogen-bond acceptors (Lipinski definition) is 3. The Morgan fingerprint density at radius 3 is 1.96 bits per heavy atom. The van der Waals surface area contributed by atoms with Crippen LogP contribution in [0.5, 0.6) is 0 Å². The van der Waals surface area contributed by atoms with Crippen molar-refractivity contribution < 1.29 is 9.59 Å². The molecule has 0 atom stereocenters. The van der Waals surface area contributed by atoms with Crippen molar-refractivity contribution in [1.29, 1.82) is 0 Å². The third-order valence-corrected chi connectivity index (χ3v) is 3.72. The molecule has 130 valence electrons. The molecule has 0 spiro atoms. The molecule has 0 saturated heterocycles. The van der Waals surface area contributed by atoms with Crippen LogP contribution in [0.3, 0.4) is 0 Å². The number of halogens is 1. The van der Waals surface area contributed by atoms with E-state index in [9.17, 15) is 9.59 Å². The molecule has 2 aromatic carbocycles. The van der Waals surface area contributed by atoms with Crippen molar-refractivity contribution in [2.45, 2.75) is 13.8 Å². The molecule has 0 heterocycles. The number of carbonyl (C=O) groups excluding carboxylic acids is 2. The zero-order valence-corrected chi connectivity index (χ0v) is 15.4. The number of benzene rings is 2. The minimum Gasteiger partial charge on any atom is -0.332 e. The molecule has 0 aliphatic rings. The van der Waals surface area contributed by atoms with Gasteiger partial charge in [-0.15, -0.1) is 0 Å². The zero-order chi connectivity index (χ0) is 18.4. The fraction of sp³-hybridized carbons (Fsp3) is 0.167. The summed E-state index contributed by atoms with van der Waals surface area (Å²) in [4.78, 5) is 23.7. The van der Waals surface area contributed by atoms with Gasteiger partial charge in [0.2, 0.25) is 5.91 Å². The van der Waals surface area contributed by atoms with Crippen LogP contribution >= 0.6 is 23.8 Å². The SMILES string of the molecule is CC(C)C(=O)Nc1ccc(NC(=S)NC(=O)c2ccc(Cl)cc2)cc1. The number of thiocarbonyl (C=S) groups is 1. The molecule has 0 radical (unpaired) electrons. The van der Waals surface area contributed by atoms with Crippen molar-refractivity contribution in [2.24, 2.45) is 5.92 Å². The summed E-state index contributed by atoms with van der Waals surface area (Å²) in [6.07, 6.45) is 0. The lowest BCUT2D eigenvalue weighted by Crippen LogP contribution is -2.34. The molecule has 2 amide bonds. The fourth-order valence-electron chi connectivity index (χ4n) is 1.86. The predicted octanol–water partition coefficient (Wildman–Crippen LogP) is 4.06. The first-order valence-corrected chi connectivity index (χ1v) is 8.42. The Hall–Kier alpha value is -2.44. The highest BCUT2D eigenvalue weighted by atomic mass is 35.5. The van der Waals surface area contributed by atoms with E-state index in [0.717, 1.165) is 0 Å². The van der Waals surface area contributed by atoms with Crippen LogP contribution < -0.4 is 16.0 Å². The summed E-state index contributed by atoms with van der Waals surface area (Å²) in [5.74, 6) is -0.463. The van der Waals surface area contributed by atoms with Gasteiger partial charge in [-0.2, -0.15) is 0 Å². The van der Waals surface area contributed by atoms with Crippen LogP contribution in [0.1, 0.15) is 24.2 Å². The molecular formula is C18H18ClN3O2S. The van der Waals surface area contributed by atoms with Crippen molar-refractivity contribution in [1.82, 2.24) is 5.32 Å². The molecule has 0 aliphatic carbocycles. The quantitative estimate of drug-likeness (QED) is 0.705. The zero-order valence-electron chi connectivity index (χ0n) is 13.8. The molecule has 0 aromatic heterocycles. The summed E-state index contributed by atoms with van der Waals surface area (Å²) in [6.45, 7) is 3.65. The minimum absolute atomic E-state index is 0.0496. The highest BCUT2D eigenvalue weighted by Crippen LogP contribution is 2.14. The molecule has 7 heteroatoms. The van der Waals surface area contributed by atoms with E-state index in [4.69, 9.17) is 23.8 Å². The molecule has 2 rings (SSSR count). The van der Waals surface area contributed by atoms with Gasteiger partial charge in [0.05, 0.1) is 0 Å². The summed E-state index contributed by atoms with van der Waals surface area (Å²) < 4.78 is 0. The standard InChI is InChI=1S/C18H18ClN3O2S/c1-11(2)16(23)20-14-7-9-15(10-8-14)21-18(25)22-17(24)12-3-5-13(19)6-4-12/h3-11H,1-2H3,(H,20,23)(H2,21,22,24,25). The van der Waals surface area contributed by atoms with Crippen LogP contribution in [-0.2, 0) is 4.79 Å². The second-order valence-electron chi connectivity index (χ2n) is 5.64. The normalized spacial score (nSPS) is 10.2. The van der Waals surface area contributed by atoms with Gasteiger partial charge in [-0.1, -0.05) is 25.4 Å². The van der Waals surface area contributed by atoms with Crippen molar-refractivity contribution in [2.75, 3.05) is 10.6 Å². The van der Waals surface area contributed by atoms with Gasteiger partial charge in [0.25, 0.3) is 5.91 Å². The van der Waals surface area contributed by atoms with Crippen molar-refractivity contribution in [3.63, 3.8) is 0 Å². The first-order chi connectivity index (χ1) is 11.8. The number of nitrogens with one attached hydrogen (secondary N) is 3. The van der Waals surface area contributed by atoms with E-state index in [0.29, 0.717) is 22.0 Å². The monoisotopic (exact) mass is 375 g/mol. The summed E-state index contributed by atoms with van der Waals surface area (Å²) in [5.41, 5.74) is 1.85. The van der Waals surface area contributed by atoms with Crippen LogP contribution in [0.15, 0.2) is 48.5 Å². The van der Waals surface area contributed by atoms with E-state index in [1.165, 1.54) is 0 Å². The summed E-state index contributed by atoms with van der Waals surface area (Å²) >= 11 is 10.9. The number of hydrogen-bond donors (Lipinski definition) is 3. The van der Waals surface area contributed by atoms with Gasteiger partial charge < -0.3 is 10.6 Å². The molecule has 0 bridgehead atoms. The lowest BCUT2D eigenvalue weighted by molar-refractivity contribution is -0.118. The van der Waals surface area contributed by atoms with Gasteiger partial charge in [-0.3, -0.25) is 14.9 Å². The largest absolute Gasteiger partial charge is 0.332 e. The topological polar surface area (TPSA) is 70.2 Å². The minimum atomic E-state index is -0.324. The van der Waals surface area contributed by atoms with Gasteiger partial charge in [0, 0.05) is 27.9 Å². The van der Waals surface area contributed by atoms with Gasteiger partial charge in [-0.05, 0) is 60.7 Å². The van der Waals surface area contributed by atoms with Crippen LogP contribution in [0.2, 0.25) is 5.02 Å². The number of amides is 2. The van der Waals surface area contributed by atoms with Crippen LogP contribution in [0.25, 0.3) is 0 Å². The average molecular weight is 376 g/mol. The number of carbonyl (C=O) groups is 2. The summed E-state index contributed by atoms with van der Waals surface area (Å²) in [6, 6.07) is 13.5. The Kier molecular flexibility index (Phi) is 6.50. The second-order valence-corrected chi connectivity index (χ2v) is 6.48. The lowest BCUT2D eigenvalue weighted by atomic mass is 10.2. The third-order valence-electron chi connectivity index (χ3n) is 3.27. The van der Waals surface area contributed by atoms with Gasteiger partial charge >= 0.3 is 0 Å². The van der Waals surface area contributed by atoms with E-state index in [1.54, 1.807) is 48.5 Å². The molecule has 3 N–H and O–H groups in total. The van der Waals surface area contributed by atoms with Crippen LogP contribution in [0, 0.1) is 5.92 Å². The average Bonchev–Trinajstić information content (AvgIpc) is 2.57. The summed E-state index contributed by atoms with van der Waals surface area (Å²) in [5, 5.41) is 9.05. The highest BCUT2D eigenvalue weighted by Gasteiger charge is 2.09. The maximum Gasteiger partial charge on any atom is 0.257 e. The Morgan fingerprint density at radius 2 is 1.44 bits per heavy atom. The molecule has 0 unspecified atom stereocenters. The Bertz CT molecular complexity index is 774. The van der Waals surface area contributed by atoms with Crippen LogP contribution in [-0.4, -0.2) is 16.9 Å². The smallest absolute Gasteiger partial charge is 0.257 e.